The number of rotatable bonds is 4. The van der Waals surface area contributed by atoms with E-state index in [2.05, 4.69) is 31.8 Å². The summed E-state index contributed by atoms with van der Waals surface area (Å²) in [6.45, 7) is 10.1. The molecule has 0 amide bonds. The molecule has 0 aromatic carbocycles. The van der Waals surface area contributed by atoms with Crippen LogP contribution in [0.3, 0.4) is 0 Å². The molecule has 0 heterocycles. The largest absolute Gasteiger partial charge is 0.312 e. The Kier molecular flexibility index (Phi) is 5.49. The average Bonchev–Trinajstić information content (AvgIpc) is 1.97. The Bertz CT molecular complexity index is 164. The smallest absolute Gasteiger partial charge is 0.129 e. The zero-order valence-corrected chi connectivity index (χ0v) is 7.67. The van der Waals surface area contributed by atoms with E-state index < -0.39 is 0 Å². The zero-order chi connectivity index (χ0) is 8.69. The minimum Gasteiger partial charge on any atom is -0.312 e. The molecule has 1 heteroatoms. The molecule has 0 saturated heterocycles. The molecule has 0 aromatic rings. The Morgan fingerprint density at radius 1 is 1.45 bits per heavy atom. The van der Waals surface area contributed by atoms with Gasteiger partial charge in [0.15, 0.2) is 0 Å². The molecule has 0 saturated carbocycles. The maximum Gasteiger partial charge on any atom is 0.129 e. The third-order valence-corrected chi connectivity index (χ3v) is 1.24. The van der Waals surface area contributed by atoms with Crippen molar-refractivity contribution in [2.45, 2.75) is 26.8 Å². The first-order chi connectivity index (χ1) is 5.20. The van der Waals surface area contributed by atoms with Gasteiger partial charge in [-0.2, -0.15) is 0 Å². The summed E-state index contributed by atoms with van der Waals surface area (Å²) in [5.41, 5.74) is 1.19. The van der Waals surface area contributed by atoms with E-state index in [0.29, 0.717) is 6.04 Å². The molecule has 62 valence electrons. The van der Waals surface area contributed by atoms with Gasteiger partial charge >= 0.3 is 0 Å². The quantitative estimate of drug-likeness (QED) is 0.589. The molecule has 0 aliphatic rings. The van der Waals surface area contributed by atoms with Gasteiger partial charge in [0, 0.05) is 0 Å². The van der Waals surface area contributed by atoms with Crippen molar-refractivity contribution in [2.24, 2.45) is 0 Å². The highest BCUT2D eigenvalue weighted by Gasteiger charge is 1.97. The van der Waals surface area contributed by atoms with Crippen molar-refractivity contribution in [1.82, 2.24) is 0 Å². The zero-order valence-electron chi connectivity index (χ0n) is 7.67. The second kappa shape index (κ2) is 5.93. The Balaban J connectivity index is 4.04. The molecule has 0 aliphatic carbocycles. The van der Waals surface area contributed by atoms with Crippen LogP contribution < -0.4 is 5.32 Å². The first-order valence-electron chi connectivity index (χ1n) is 4.01. The first-order valence-corrected chi connectivity index (χ1v) is 4.01. The van der Waals surface area contributed by atoms with Crippen LogP contribution in [-0.2, 0) is 0 Å². The molecule has 0 bridgehead atoms. The summed E-state index contributed by atoms with van der Waals surface area (Å²) in [7, 11) is 0. The van der Waals surface area contributed by atoms with Gasteiger partial charge in [0.05, 0.1) is 6.04 Å². The lowest BCUT2D eigenvalue weighted by Gasteiger charge is -2.02. The minimum absolute atomic E-state index is 0.588. The van der Waals surface area contributed by atoms with Crippen molar-refractivity contribution in [2.75, 3.05) is 0 Å². The Morgan fingerprint density at radius 2 is 2.09 bits per heavy atom. The van der Waals surface area contributed by atoms with Crippen LogP contribution in [0.4, 0.5) is 0 Å². The lowest BCUT2D eigenvalue weighted by molar-refractivity contribution is -0.632. The average molecular weight is 152 g/mol. The van der Waals surface area contributed by atoms with Crippen molar-refractivity contribution in [3.63, 3.8) is 0 Å². The topological polar surface area (TPSA) is 16.6 Å². The van der Waals surface area contributed by atoms with E-state index in [1.54, 1.807) is 0 Å². The minimum atomic E-state index is 0.588. The van der Waals surface area contributed by atoms with Crippen LogP contribution in [0.1, 0.15) is 20.8 Å². The molecule has 1 nitrogen and oxygen atoms in total. The molecular formula is C10H18N+. The summed E-state index contributed by atoms with van der Waals surface area (Å²) in [6, 6.07) is 0.588. The van der Waals surface area contributed by atoms with Gasteiger partial charge in [-0.15, -0.1) is 0 Å². The lowest BCUT2D eigenvalue weighted by Crippen LogP contribution is -2.86. The number of hydrogen-bond acceptors (Lipinski definition) is 0. The normalized spacial score (nSPS) is 12.9. The van der Waals surface area contributed by atoms with Gasteiger partial charge in [-0.3, -0.25) is 0 Å². The molecule has 0 aliphatic heterocycles. The van der Waals surface area contributed by atoms with E-state index in [1.165, 1.54) is 5.70 Å². The fraction of sp³-hybridized carbons (Fsp3) is 0.400. The van der Waals surface area contributed by atoms with Gasteiger partial charge in [-0.25, -0.2) is 0 Å². The van der Waals surface area contributed by atoms with Crippen molar-refractivity contribution >= 4 is 0 Å². The SMILES string of the molecule is C=C/C(=C\C=C/C)[NH2+]C(C)C. The molecule has 0 radical (unpaired) electrons. The van der Waals surface area contributed by atoms with E-state index in [4.69, 9.17) is 0 Å². The number of hydrogen-bond donors (Lipinski definition) is 1. The predicted molar refractivity (Wildman–Crippen MR) is 50.2 cm³/mol. The van der Waals surface area contributed by atoms with Crippen LogP contribution in [0.2, 0.25) is 0 Å². The molecule has 2 N–H and O–H groups in total. The van der Waals surface area contributed by atoms with Gasteiger partial charge in [-0.05, 0) is 32.9 Å². The number of allylic oxidation sites excluding steroid dienone is 4. The van der Waals surface area contributed by atoms with Gasteiger partial charge in [0.1, 0.15) is 5.70 Å². The fourth-order valence-electron chi connectivity index (χ4n) is 0.784. The van der Waals surface area contributed by atoms with Gasteiger partial charge in [0.25, 0.3) is 0 Å². The molecule has 0 rings (SSSR count). The Labute approximate surface area is 69.5 Å². The number of nitrogens with two attached hydrogens (primary N) is 1. The van der Waals surface area contributed by atoms with Crippen LogP contribution in [0.5, 0.6) is 0 Å². The van der Waals surface area contributed by atoms with E-state index in [0.717, 1.165) is 0 Å². The maximum atomic E-state index is 3.73. The lowest BCUT2D eigenvalue weighted by atomic mass is 10.3. The van der Waals surface area contributed by atoms with Gasteiger partial charge in [0.2, 0.25) is 0 Å². The molecule has 0 atom stereocenters. The third kappa shape index (κ3) is 5.62. The summed E-state index contributed by atoms with van der Waals surface area (Å²) in [6.07, 6.45) is 7.97. The molecular weight excluding hydrogens is 134 g/mol. The summed E-state index contributed by atoms with van der Waals surface area (Å²) >= 11 is 0. The summed E-state index contributed by atoms with van der Waals surface area (Å²) in [4.78, 5) is 0. The van der Waals surface area contributed by atoms with Crippen molar-refractivity contribution in [3.8, 4) is 0 Å². The highest BCUT2D eigenvalue weighted by molar-refractivity contribution is 5.13. The van der Waals surface area contributed by atoms with Crippen LogP contribution in [0.15, 0.2) is 36.6 Å². The van der Waals surface area contributed by atoms with Crippen LogP contribution in [0.25, 0.3) is 0 Å². The van der Waals surface area contributed by atoms with Crippen LogP contribution >= 0.6 is 0 Å². The Morgan fingerprint density at radius 3 is 2.45 bits per heavy atom. The standard InChI is InChI=1S/C10H17N/c1-5-7-8-10(6-2)11-9(3)4/h5-9,11H,2H2,1,3-4H3/p+1/b7-5-,10-8+. The third-order valence-electron chi connectivity index (χ3n) is 1.24. The predicted octanol–water partition coefficient (Wildman–Crippen LogP) is 1.60. The number of quaternary nitrogens is 1. The highest BCUT2D eigenvalue weighted by Crippen LogP contribution is 1.84. The second-order valence-corrected chi connectivity index (χ2v) is 2.81. The van der Waals surface area contributed by atoms with Gasteiger partial charge in [-0.1, -0.05) is 18.7 Å². The molecule has 0 aromatic heterocycles. The van der Waals surface area contributed by atoms with Crippen LogP contribution in [0, 0.1) is 0 Å². The first kappa shape index (κ1) is 10.2. The van der Waals surface area contributed by atoms with Crippen molar-refractivity contribution < 1.29 is 5.32 Å². The molecule has 0 fully saturated rings. The van der Waals surface area contributed by atoms with Crippen molar-refractivity contribution in [1.29, 1.82) is 0 Å². The molecule has 0 unspecified atom stereocenters. The molecule has 0 spiro atoms. The van der Waals surface area contributed by atoms with E-state index in [-0.39, 0.29) is 0 Å². The van der Waals surface area contributed by atoms with E-state index in [1.807, 2.05) is 25.2 Å². The highest BCUT2D eigenvalue weighted by atomic mass is 14.9. The monoisotopic (exact) mass is 152 g/mol. The molecule has 11 heavy (non-hydrogen) atoms. The summed E-state index contributed by atoms with van der Waals surface area (Å²) < 4.78 is 0. The van der Waals surface area contributed by atoms with Crippen LogP contribution in [-0.4, -0.2) is 6.04 Å². The Hall–Kier alpha value is -0.820. The van der Waals surface area contributed by atoms with E-state index >= 15 is 0 Å². The van der Waals surface area contributed by atoms with Crippen molar-refractivity contribution in [3.05, 3.63) is 36.6 Å². The second-order valence-electron chi connectivity index (χ2n) is 2.81. The van der Waals surface area contributed by atoms with Gasteiger partial charge < -0.3 is 5.32 Å². The summed E-state index contributed by atoms with van der Waals surface area (Å²) in [5.74, 6) is 0. The maximum absolute atomic E-state index is 3.73. The fourth-order valence-corrected chi connectivity index (χ4v) is 0.784. The summed E-state index contributed by atoms with van der Waals surface area (Å²) in [5, 5.41) is 2.19. The van der Waals surface area contributed by atoms with E-state index in [9.17, 15) is 0 Å².